The first-order chi connectivity index (χ1) is 7.99. The third-order valence-electron chi connectivity index (χ3n) is 3.01. The molecule has 1 aromatic rings. The molecule has 1 atom stereocenters. The van der Waals surface area contributed by atoms with Gasteiger partial charge in [-0.05, 0) is 39.5 Å². The van der Waals surface area contributed by atoms with E-state index in [4.69, 9.17) is 11.6 Å². The minimum atomic E-state index is -0.0702. The second-order valence-electron chi connectivity index (χ2n) is 4.67. The molecule has 92 valence electrons. The molecule has 0 aliphatic carbocycles. The van der Waals surface area contributed by atoms with E-state index in [0.717, 1.165) is 10.2 Å². The van der Waals surface area contributed by atoms with Crippen molar-refractivity contribution in [2.75, 3.05) is 11.4 Å². The average Bonchev–Trinajstić information content (AvgIpc) is 2.57. The largest absolute Gasteiger partial charge is 0.310 e. The maximum Gasteiger partial charge on any atom is 0.228 e. The monoisotopic (exact) mass is 315 g/mol. The second kappa shape index (κ2) is 4.99. The number of carbonyl (C=O) groups excluding carboxylic acids is 1. The summed E-state index contributed by atoms with van der Waals surface area (Å²) in [6, 6.07) is 6.14. The van der Waals surface area contributed by atoms with E-state index in [1.165, 1.54) is 5.56 Å². The predicted octanol–water partition coefficient (Wildman–Crippen LogP) is 3.92. The highest BCUT2D eigenvalue weighted by Crippen LogP contribution is 2.33. The van der Waals surface area contributed by atoms with Crippen molar-refractivity contribution in [3.63, 3.8) is 0 Å². The predicted molar refractivity (Wildman–Crippen MR) is 74.8 cm³/mol. The van der Waals surface area contributed by atoms with Crippen LogP contribution < -0.4 is 4.90 Å². The zero-order valence-electron chi connectivity index (χ0n) is 9.91. The first-order valence-corrected chi connectivity index (χ1v) is 6.96. The topological polar surface area (TPSA) is 20.3 Å². The Hall–Kier alpha value is -0.540. The smallest absolute Gasteiger partial charge is 0.228 e. The summed E-state index contributed by atoms with van der Waals surface area (Å²) in [7, 11) is 0. The Morgan fingerprint density at radius 2 is 2.18 bits per heavy atom. The molecule has 0 aromatic heterocycles. The van der Waals surface area contributed by atoms with E-state index in [1.54, 1.807) is 4.90 Å². The van der Waals surface area contributed by atoms with Crippen LogP contribution in [0.25, 0.3) is 0 Å². The minimum Gasteiger partial charge on any atom is -0.310 e. The number of benzene rings is 1. The van der Waals surface area contributed by atoms with Gasteiger partial charge in [-0.25, -0.2) is 0 Å². The van der Waals surface area contributed by atoms with Crippen molar-refractivity contribution in [1.29, 1.82) is 0 Å². The summed E-state index contributed by atoms with van der Waals surface area (Å²) in [5.41, 5.74) is 2.18. The van der Waals surface area contributed by atoms with Gasteiger partial charge in [0.25, 0.3) is 0 Å². The van der Waals surface area contributed by atoms with Crippen LogP contribution in [0.15, 0.2) is 22.7 Å². The van der Waals surface area contributed by atoms with Gasteiger partial charge in [-0.3, -0.25) is 4.79 Å². The van der Waals surface area contributed by atoms with Gasteiger partial charge < -0.3 is 4.90 Å². The molecular formula is C13H15BrClNO. The molecule has 17 heavy (non-hydrogen) atoms. The minimum absolute atomic E-state index is 0.0702. The standard InChI is InChI=1S/C13H15BrClNO/c1-8(2)9-3-4-12(11(14)5-9)16-7-10(15)6-13(16)17/h3-5,8,10H,6-7H2,1-2H3. The summed E-state index contributed by atoms with van der Waals surface area (Å²) in [4.78, 5) is 13.5. The van der Waals surface area contributed by atoms with E-state index in [1.807, 2.05) is 6.07 Å². The number of hydrogen-bond acceptors (Lipinski definition) is 1. The van der Waals surface area contributed by atoms with Crippen LogP contribution in [0.2, 0.25) is 0 Å². The Morgan fingerprint density at radius 1 is 1.47 bits per heavy atom. The Morgan fingerprint density at radius 3 is 2.65 bits per heavy atom. The molecule has 1 heterocycles. The van der Waals surface area contributed by atoms with Crippen molar-refractivity contribution in [1.82, 2.24) is 0 Å². The van der Waals surface area contributed by atoms with Gasteiger partial charge >= 0.3 is 0 Å². The average molecular weight is 317 g/mol. The van der Waals surface area contributed by atoms with Crippen LogP contribution in [-0.2, 0) is 4.79 Å². The van der Waals surface area contributed by atoms with Crippen molar-refractivity contribution >= 4 is 39.1 Å². The molecule has 4 heteroatoms. The highest BCUT2D eigenvalue weighted by molar-refractivity contribution is 9.10. The molecule has 0 radical (unpaired) electrons. The molecule has 0 saturated carbocycles. The number of amides is 1. The molecule has 1 unspecified atom stereocenters. The van der Waals surface area contributed by atoms with Gasteiger partial charge in [0, 0.05) is 17.4 Å². The van der Waals surface area contributed by atoms with Gasteiger partial charge in [-0.15, -0.1) is 11.6 Å². The van der Waals surface area contributed by atoms with E-state index in [0.29, 0.717) is 18.9 Å². The molecule has 2 nitrogen and oxygen atoms in total. The van der Waals surface area contributed by atoms with Gasteiger partial charge in [0.1, 0.15) is 0 Å². The third kappa shape index (κ3) is 2.66. The molecule has 1 aliphatic heterocycles. The number of anilines is 1. The van der Waals surface area contributed by atoms with Crippen LogP contribution in [0.3, 0.4) is 0 Å². The van der Waals surface area contributed by atoms with Crippen molar-refractivity contribution < 1.29 is 4.79 Å². The second-order valence-corrected chi connectivity index (χ2v) is 6.14. The van der Waals surface area contributed by atoms with Crippen LogP contribution in [0.5, 0.6) is 0 Å². The SMILES string of the molecule is CC(C)c1ccc(N2CC(Cl)CC2=O)c(Br)c1. The van der Waals surface area contributed by atoms with Crippen molar-refractivity contribution in [3.05, 3.63) is 28.2 Å². The molecule has 1 amide bonds. The lowest BCUT2D eigenvalue weighted by molar-refractivity contribution is -0.117. The summed E-state index contributed by atoms with van der Waals surface area (Å²) in [5, 5.41) is -0.0702. The van der Waals surface area contributed by atoms with Crippen molar-refractivity contribution in [3.8, 4) is 0 Å². The van der Waals surface area contributed by atoms with Crippen LogP contribution in [-0.4, -0.2) is 17.8 Å². The zero-order chi connectivity index (χ0) is 12.6. The van der Waals surface area contributed by atoms with Gasteiger partial charge in [-0.2, -0.15) is 0 Å². The highest BCUT2D eigenvalue weighted by atomic mass is 79.9. The lowest BCUT2D eigenvalue weighted by Crippen LogP contribution is -2.25. The summed E-state index contributed by atoms with van der Waals surface area (Å²) in [5.74, 6) is 0.582. The van der Waals surface area contributed by atoms with Crippen molar-refractivity contribution in [2.45, 2.75) is 31.6 Å². The zero-order valence-corrected chi connectivity index (χ0v) is 12.3. The number of alkyl halides is 1. The fourth-order valence-corrected chi connectivity index (χ4v) is 2.88. The number of hydrogen-bond donors (Lipinski definition) is 0. The molecule has 0 spiro atoms. The van der Waals surface area contributed by atoms with E-state index in [9.17, 15) is 4.79 Å². The van der Waals surface area contributed by atoms with E-state index in [-0.39, 0.29) is 11.3 Å². The Bertz CT molecular complexity index is 447. The van der Waals surface area contributed by atoms with Gasteiger partial charge in [-0.1, -0.05) is 19.9 Å². The Kier molecular flexibility index (Phi) is 3.79. The van der Waals surface area contributed by atoms with Gasteiger partial charge in [0.2, 0.25) is 5.91 Å². The van der Waals surface area contributed by atoms with Crippen LogP contribution in [0, 0.1) is 0 Å². The van der Waals surface area contributed by atoms with Crippen LogP contribution in [0.4, 0.5) is 5.69 Å². The molecule has 1 aliphatic rings. The lowest BCUT2D eigenvalue weighted by atomic mass is 10.0. The number of carbonyl (C=O) groups is 1. The van der Waals surface area contributed by atoms with Gasteiger partial charge in [0.05, 0.1) is 11.1 Å². The quantitative estimate of drug-likeness (QED) is 0.757. The van der Waals surface area contributed by atoms with E-state index < -0.39 is 0 Å². The highest BCUT2D eigenvalue weighted by Gasteiger charge is 2.30. The number of halogens is 2. The molecule has 1 fully saturated rings. The van der Waals surface area contributed by atoms with Crippen molar-refractivity contribution in [2.24, 2.45) is 0 Å². The normalized spacial score (nSPS) is 20.4. The van der Waals surface area contributed by atoms with E-state index >= 15 is 0 Å². The number of rotatable bonds is 2. The molecule has 2 rings (SSSR count). The summed E-state index contributed by atoms with van der Waals surface area (Å²) in [6.07, 6.45) is 0.430. The number of nitrogens with zero attached hydrogens (tertiary/aromatic N) is 1. The summed E-state index contributed by atoms with van der Waals surface area (Å²) >= 11 is 9.54. The Balaban J connectivity index is 2.31. The summed E-state index contributed by atoms with van der Waals surface area (Å²) in [6.45, 7) is 4.90. The molecule has 1 aromatic carbocycles. The maximum absolute atomic E-state index is 11.8. The van der Waals surface area contributed by atoms with Crippen LogP contribution in [0.1, 0.15) is 31.7 Å². The third-order valence-corrected chi connectivity index (χ3v) is 3.93. The van der Waals surface area contributed by atoms with Gasteiger partial charge in [0.15, 0.2) is 0 Å². The fourth-order valence-electron chi connectivity index (χ4n) is 2.00. The Labute approximate surface area is 115 Å². The molecule has 0 N–H and O–H groups in total. The van der Waals surface area contributed by atoms with E-state index in [2.05, 4.69) is 41.9 Å². The van der Waals surface area contributed by atoms with Crippen LogP contribution >= 0.6 is 27.5 Å². The summed E-state index contributed by atoms with van der Waals surface area (Å²) < 4.78 is 0.961. The lowest BCUT2D eigenvalue weighted by Gasteiger charge is -2.19. The fraction of sp³-hybridized carbons (Fsp3) is 0.462. The molecular weight excluding hydrogens is 302 g/mol. The first-order valence-electron chi connectivity index (χ1n) is 5.73. The maximum atomic E-state index is 11.8. The molecule has 1 saturated heterocycles. The molecule has 0 bridgehead atoms. The first kappa shape index (κ1) is 12.9.